The third-order valence-electron chi connectivity index (χ3n) is 3.56. The molecule has 4 rings (SSSR count). The van der Waals surface area contributed by atoms with E-state index in [0.717, 1.165) is 33.2 Å². The molecular formula is C15H10N6. The first kappa shape index (κ1) is 11.6. The highest BCUT2D eigenvalue weighted by Gasteiger charge is 2.10. The molecule has 4 aromatic rings. The fraction of sp³-hybridized carbons (Fsp3) is 0.0667. The minimum Gasteiger partial charge on any atom is -0.338 e. The largest absolute Gasteiger partial charge is 0.338 e. The highest BCUT2D eigenvalue weighted by molar-refractivity contribution is 6.06. The Kier molecular flexibility index (Phi) is 2.29. The normalized spacial score (nSPS) is 11.0. The molecule has 0 fully saturated rings. The first-order chi connectivity index (χ1) is 10.3. The van der Waals surface area contributed by atoms with Gasteiger partial charge in [0.05, 0.1) is 29.9 Å². The average Bonchev–Trinajstić information content (AvgIpc) is 3.09. The van der Waals surface area contributed by atoms with Crippen molar-refractivity contribution in [1.29, 1.82) is 5.26 Å². The van der Waals surface area contributed by atoms with E-state index in [0.29, 0.717) is 5.69 Å². The molecule has 4 heterocycles. The number of nitriles is 1. The molecule has 100 valence electrons. The molecule has 0 bridgehead atoms. The Morgan fingerprint density at radius 3 is 2.81 bits per heavy atom. The first-order valence-corrected chi connectivity index (χ1v) is 6.40. The lowest BCUT2D eigenvalue weighted by atomic mass is 10.1. The third-order valence-corrected chi connectivity index (χ3v) is 3.56. The zero-order valence-corrected chi connectivity index (χ0v) is 11.2. The fourth-order valence-electron chi connectivity index (χ4n) is 2.51. The molecule has 4 aromatic heterocycles. The van der Waals surface area contributed by atoms with Crippen molar-refractivity contribution in [3.05, 3.63) is 42.7 Å². The maximum atomic E-state index is 9.00. The average molecular weight is 274 g/mol. The van der Waals surface area contributed by atoms with Crippen molar-refractivity contribution in [3.8, 4) is 17.3 Å². The minimum absolute atomic E-state index is 0.398. The van der Waals surface area contributed by atoms with E-state index in [1.165, 1.54) is 0 Å². The van der Waals surface area contributed by atoms with Crippen LogP contribution in [-0.2, 0) is 7.05 Å². The van der Waals surface area contributed by atoms with E-state index in [1.54, 1.807) is 24.8 Å². The smallest absolute Gasteiger partial charge is 0.141 e. The van der Waals surface area contributed by atoms with E-state index < -0.39 is 0 Å². The second-order valence-electron chi connectivity index (χ2n) is 4.86. The topological polar surface area (TPSA) is 83.2 Å². The maximum absolute atomic E-state index is 9.00. The SMILES string of the molecule is Cn1cncc1-c1cnc2[nH]c3cnc(C#N)cc3c2c1. The summed E-state index contributed by atoms with van der Waals surface area (Å²) in [5.41, 5.74) is 4.04. The van der Waals surface area contributed by atoms with Gasteiger partial charge in [0.1, 0.15) is 17.4 Å². The van der Waals surface area contributed by atoms with Crippen molar-refractivity contribution >= 4 is 21.9 Å². The number of rotatable bonds is 1. The second-order valence-corrected chi connectivity index (χ2v) is 4.86. The summed E-state index contributed by atoms with van der Waals surface area (Å²) in [5, 5.41) is 10.9. The highest BCUT2D eigenvalue weighted by Crippen LogP contribution is 2.28. The van der Waals surface area contributed by atoms with Crippen LogP contribution in [0.25, 0.3) is 33.2 Å². The molecule has 0 saturated carbocycles. The number of aromatic amines is 1. The lowest BCUT2D eigenvalue weighted by Gasteiger charge is -2.01. The van der Waals surface area contributed by atoms with E-state index in [9.17, 15) is 0 Å². The van der Waals surface area contributed by atoms with Crippen LogP contribution in [-0.4, -0.2) is 24.5 Å². The van der Waals surface area contributed by atoms with Crippen LogP contribution in [0.3, 0.4) is 0 Å². The summed E-state index contributed by atoms with van der Waals surface area (Å²) >= 11 is 0. The number of H-pyrrole nitrogens is 1. The summed E-state index contributed by atoms with van der Waals surface area (Å²) in [6, 6.07) is 5.90. The summed E-state index contributed by atoms with van der Waals surface area (Å²) in [5.74, 6) is 0. The van der Waals surface area contributed by atoms with Gasteiger partial charge in [-0.15, -0.1) is 0 Å². The molecule has 0 saturated heterocycles. The molecule has 0 unspecified atom stereocenters. The van der Waals surface area contributed by atoms with Crippen molar-refractivity contribution in [2.45, 2.75) is 0 Å². The number of nitrogens with one attached hydrogen (secondary N) is 1. The van der Waals surface area contributed by atoms with Crippen LogP contribution in [0.5, 0.6) is 0 Å². The number of hydrogen-bond acceptors (Lipinski definition) is 4. The van der Waals surface area contributed by atoms with Gasteiger partial charge in [0.2, 0.25) is 0 Å². The molecule has 6 nitrogen and oxygen atoms in total. The van der Waals surface area contributed by atoms with E-state index in [2.05, 4.69) is 32.1 Å². The summed E-state index contributed by atoms with van der Waals surface area (Å²) < 4.78 is 1.94. The fourth-order valence-corrected chi connectivity index (χ4v) is 2.51. The van der Waals surface area contributed by atoms with E-state index in [4.69, 9.17) is 5.26 Å². The summed E-state index contributed by atoms with van der Waals surface area (Å²) in [4.78, 5) is 15.9. The van der Waals surface area contributed by atoms with Gasteiger partial charge in [0.25, 0.3) is 0 Å². The molecule has 0 aliphatic carbocycles. The zero-order valence-electron chi connectivity index (χ0n) is 11.2. The van der Waals surface area contributed by atoms with Crippen LogP contribution >= 0.6 is 0 Å². The van der Waals surface area contributed by atoms with E-state index in [-0.39, 0.29) is 0 Å². The zero-order chi connectivity index (χ0) is 14.4. The highest BCUT2D eigenvalue weighted by atomic mass is 15.0. The molecule has 0 aliphatic heterocycles. The number of imidazole rings is 1. The summed E-state index contributed by atoms with van der Waals surface area (Å²) in [6.07, 6.45) is 7.04. The van der Waals surface area contributed by atoms with E-state index in [1.807, 2.05) is 17.8 Å². The third kappa shape index (κ3) is 1.68. The Bertz CT molecular complexity index is 1020. The predicted molar refractivity (Wildman–Crippen MR) is 78.3 cm³/mol. The van der Waals surface area contributed by atoms with Crippen LogP contribution in [0.2, 0.25) is 0 Å². The molecule has 0 amide bonds. The minimum atomic E-state index is 0.398. The standard InChI is InChI=1S/C15H10N6/c1-21-8-17-7-14(21)9-2-12-11-3-10(4-16)18-6-13(11)20-15(12)19-5-9/h2-3,5-8H,1H3,(H,19,20). The van der Waals surface area contributed by atoms with Crippen LogP contribution in [0, 0.1) is 11.3 Å². The molecular weight excluding hydrogens is 264 g/mol. The Morgan fingerprint density at radius 1 is 1.14 bits per heavy atom. The number of fused-ring (bicyclic) bond motifs is 3. The molecule has 21 heavy (non-hydrogen) atoms. The van der Waals surface area contributed by atoms with Crippen LogP contribution in [0.15, 0.2) is 37.1 Å². The van der Waals surface area contributed by atoms with Gasteiger partial charge in [-0.1, -0.05) is 0 Å². The molecule has 0 aromatic carbocycles. The first-order valence-electron chi connectivity index (χ1n) is 6.40. The molecule has 0 spiro atoms. The lowest BCUT2D eigenvalue weighted by molar-refractivity contribution is 0.921. The Balaban J connectivity index is 2.04. The van der Waals surface area contributed by atoms with Crippen LogP contribution < -0.4 is 0 Å². The van der Waals surface area contributed by atoms with E-state index >= 15 is 0 Å². The van der Waals surface area contributed by atoms with Crippen molar-refractivity contribution in [2.75, 3.05) is 0 Å². The Labute approximate surface area is 119 Å². The van der Waals surface area contributed by atoms with Crippen molar-refractivity contribution < 1.29 is 0 Å². The maximum Gasteiger partial charge on any atom is 0.141 e. The number of aryl methyl sites for hydroxylation is 1. The van der Waals surface area contributed by atoms with Gasteiger partial charge in [-0.05, 0) is 12.1 Å². The molecule has 0 atom stereocenters. The second kappa shape index (κ2) is 4.15. The number of aromatic nitrogens is 5. The van der Waals surface area contributed by atoms with Gasteiger partial charge in [0, 0.05) is 29.6 Å². The number of pyridine rings is 2. The summed E-state index contributed by atoms with van der Waals surface area (Å²) in [6.45, 7) is 0. The molecule has 1 N–H and O–H groups in total. The van der Waals surface area contributed by atoms with Gasteiger partial charge >= 0.3 is 0 Å². The quantitative estimate of drug-likeness (QED) is 0.577. The molecule has 6 heteroatoms. The Morgan fingerprint density at radius 2 is 2.05 bits per heavy atom. The predicted octanol–water partition coefficient (Wildman–Crippen LogP) is 2.38. The van der Waals surface area contributed by atoms with Crippen molar-refractivity contribution in [3.63, 3.8) is 0 Å². The van der Waals surface area contributed by atoms with Crippen LogP contribution in [0.4, 0.5) is 0 Å². The lowest BCUT2D eigenvalue weighted by Crippen LogP contribution is -1.90. The van der Waals surface area contributed by atoms with Crippen molar-refractivity contribution in [1.82, 2.24) is 24.5 Å². The van der Waals surface area contributed by atoms with Gasteiger partial charge in [0.15, 0.2) is 0 Å². The molecule has 0 radical (unpaired) electrons. The van der Waals surface area contributed by atoms with Gasteiger partial charge in [-0.3, -0.25) is 0 Å². The Hall–Kier alpha value is -3.20. The van der Waals surface area contributed by atoms with Gasteiger partial charge < -0.3 is 9.55 Å². The monoisotopic (exact) mass is 274 g/mol. The van der Waals surface area contributed by atoms with Gasteiger partial charge in [-0.2, -0.15) is 5.26 Å². The van der Waals surface area contributed by atoms with Crippen molar-refractivity contribution in [2.24, 2.45) is 7.05 Å². The van der Waals surface area contributed by atoms with Gasteiger partial charge in [-0.25, -0.2) is 15.0 Å². The molecule has 0 aliphatic rings. The summed E-state index contributed by atoms with van der Waals surface area (Å²) in [7, 11) is 1.94. The number of hydrogen-bond donors (Lipinski definition) is 1. The number of nitrogens with zero attached hydrogens (tertiary/aromatic N) is 5. The van der Waals surface area contributed by atoms with Crippen LogP contribution in [0.1, 0.15) is 5.69 Å².